The Balaban J connectivity index is 1.05. The third kappa shape index (κ3) is 10.8. The molecule has 0 fully saturated rings. The fourth-order valence-electron chi connectivity index (χ4n) is 9.98. The Labute approximate surface area is 440 Å². The molecule has 0 saturated heterocycles. The predicted octanol–water partition coefficient (Wildman–Crippen LogP) is 20.2. The van der Waals surface area contributed by atoms with Gasteiger partial charge in [-0.25, -0.2) is 0 Å². The van der Waals surface area contributed by atoms with E-state index in [0.717, 1.165) is 117 Å². The van der Waals surface area contributed by atoms with Crippen LogP contribution in [0.15, 0.2) is 237 Å². The molecule has 0 aliphatic heterocycles. The molecule has 10 rings (SSSR count). The molecule has 0 radical (unpaired) electrons. The summed E-state index contributed by atoms with van der Waals surface area (Å²) in [6.07, 6.45) is 5.04. The fraction of sp³-hybridized carbons (Fsp3) is 0.155. The number of aryl methyl sites for hydroxylation is 6. The summed E-state index contributed by atoms with van der Waals surface area (Å²) in [5, 5.41) is 0. The van der Waals surface area contributed by atoms with E-state index >= 15 is 0 Å². The molecule has 0 N–H and O–H groups in total. The van der Waals surface area contributed by atoms with Crippen molar-refractivity contribution in [1.29, 1.82) is 0 Å². The van der Waals surface area contributed by atoms with Crippen LogP contribution in [0.2, 0.25) is 0 Å². The molecule has 0 saturated carbocycles. The fourth-order valence-corrected chi connectivity index (χ4v) is 9.98. The third-order valence-electron chi connectivity index (χ3n) is 14.6. The smallest absolute Gasteiger partial charge is 0.0462 e. The molecule has 0 spiro atoms. The summed E-state index contributed by atoms with van der Waals surface area (Å²) >= 11 is 0. The van der Waals surface area contributed by atoms with Gasteiger partial charge < -0.3 is 14.7 Å². The van der Waals surface area contributed by atoms with Crippen LogP contribution in [0, 0.1) is 6.92 Å². The number of rotatable bonds is 17. The van der Waals surface area contributed by atoms with Gasteiger partial charge in [-0.05, 0) is 228 Å². The topological polar surface area (TPSA) is 9.72 Å². The first-order valence-corrected chi connectivity index (χ1v) is 26.7. The Bertz CT molecular complexity index is 3140. The summed E-state index contributed by atoms with van der Waals surface area (Å²) in [5.74, 6) is 0. The van der Waals surface area contributed by atoms with E-state index in [1.807, 2.05) is 0 Å². The van der Waals surface area contributed by atoms with Crippen LogP contribution in [-0.4, -0.2) is 0 Å². The predicted molar refractivity (Wildman–Crippen MR) is 318 cm³/mol. The van der Waals surface area contributed by atoms with Gasteiger partial charge in [-0.3, -0.25) is 0 Å². The average Bonchev–Trinajstić information content (AvgIpc) is 3.47. The molecule has 74 heavy (non-hydrogen) atoms. The van der Waals surface area contributed by atoms with Crippen LogP contribution in [0.4, 0.5) is 51.2 Å². The Hall–Kier alpha value is -8.40. The molecular formula is C71H67N3. The minimum atomic E-state index is 1.01. The Morgan fingerprint density at radius 2 is 0.365 bits per heavy atom. The second kappa shape index (κ2) is 22.6. The maximum absolute atomic E-state index is 2.37. The molecule has 366 valence electrons. The first kappa shape index (κ1) is 49.2. The summed E-state index contributed by atoms with van der Waals surface area (Å²) in [6, 6.07) is 88.1. The minimum absolute atomic E-state index is 1.01. The molecule has 0 bridgehead atoms. The van der Waals surface area contributed by atoms with Crippen molar-refractivity contribution in [3.05, 3.63) is 270 Å². The Kier molecular flexibility index (Phi) is 15.0. The van der Waals surface area contributed by atoms with Crippen LogP contribution in [0.5, 0.6) is 0 Å². The highest BCUT2D eigenvalue weighted by Gasteiger charge is 2.18. The summed E-state index contributed by atoms with van der Waals surface area (Å²) < 4.78 is 0. The van der Waals surface area contributed by atoms with Crippen LogP contribution in [-0.2, 0) is 32.1 Å². The lowest BCUT2D eigenvalue weighted by molar-refractivity contribution is 1.13. The lowest BCUT2D eigenvalue weighted by atomic mass is 9.93. The van der Waals surface area contributed by atoms with E-state index in [4.69, 9.17) is 0 Å². The maximum atomic E-state index is 2.37. The molecule has 0 aromatic heterocycles. The second-order valence-corrected chi connectivity index (χ2v) is 19.4. The molecule has 10 aromatic carbocycles. The van der Waals surface area contributed by atoms with Crippen molar-refractivity contribution < 1.29 is 0 Å². The van der Waals surface area contributed by atoms with Gasteiger partial charge in [0.2, 0.25) is 0 Å². The van der Waals surface area contributed by atoms with Gasteiger partial charge in [0.05, 0.1) is 0 Å². The van der Waals surface area contributed by atoms with Gasteiger partial charge in [-0.2, -0.15) is 0 Å². The lowest BCUT2D eigenvalue weighted by Crippen LogP contribution is -2.10. The number of hydrogen-bond donors (Lipinski definition) is 0. The highest BCUT2D eigenvalue weighted by Crippen LogP contribution is 2.42. The average molecular weight is 962 g/mol. The van der Waals surface area contributed by atoms with Crippen LogP contribution < -0.4 is 14.7 Å². The summed E-state index contributed by atoms with van der Waals surface area (Å²) in [4.78, 5) is 7.09. The van der Waals surface area contributed by atoms with Crippen molar-refractivity contribution in [3.8, 4) is 33.4 Å². The molecule has 0 amide bonds. The number of nitrogens with zero attached hydrogens (tertiary/aromatic N) is 3. The first-order chi connectivity index (χ1) is 36.3. The summed E-state index contributed by atoms with van der Waals surface area (Å²) in [6.45, 7) is 13.2. The van der Waals surface area contributed by atoms with Gasteiger partial charge in [0.15, 0.2) is 0 Å². The van der Waals surface area contributed by atoms with Crippen LogP contribution >= 0.6 is 0 Å². The first-order valence-electron chi connectivity index (χ1n) is 26.7. The molecule has 0 atom stereocenters. The lowest BCUT2D eigenvalue weighted by Gasteiger charge is -2.26. The minimum Gasteiger partial charge on any atom is -0.311 e. The van der Waals surface area contributed by atoms with Crippen LogP contribution in [0.1, 0.15) is 68.0 Å². The van der Waals surface area contributed by atoms with Crippen molar-refractivity contribution >= 4 is 51.2 Å². The van der Waals surface area contributed by atoms with E-state index in [2.05, 4.69) is 293 Å². The monoisotopic (exact) mass is 962 g/mol. The van der Waals surface area contributed by atoms with Gasteiger partial charge in [0.25, 0.3) is 0 Å². The highest BCUT2D eigenvalue weighted by atomic mass is 15.2. The highest BCUT2D eigenvalue weighted by molar-refractivity contribution is 5.86. The van der Waals surface area contributed by atoms with E-state index in [1.54, 1.807) is 0 Å². The zero-order valence-electron chi connectivity index (χ0n) is 43.9. The maximum Gasteiger partial charge on any atom is 0.0462 e. The Morgan fingerprint density at radius 3 is 0.541 bits per heavy atom. The molecule has 0 aliphatic carbocycles. The van der Waals surface area contributed by atoms with E-state index in [-0.39, 0.29) is 0 Å². The van der Waals surface area contributed by atoms with E-state index in [0.29, 0.717) is 0 Å². The van der Waals surface area contributed by atoms with E-state index < -0.39 is 0 Å². The van der Waals surface area contributed by atoms with Gasteiger partial charge in [-0.15, -0.1) is 0 Å². The zero-order valence-corrected chi connectivity index (χ0v) is 43.9. The molecule has 3 nitrogen and oxygen atoms in total. The third-order valence-corrected chi connectivity index (χ3v) is 14.6. The quantitative estimate of drug-likeness (QED) is 0.0900. The number of hydrogen-bond acceptors (Lipinski definition) is 3. The molecule has 3 heteroatoms. The molecule has 0 heterocycles. The summed E-state index contributed by atoms with van der Waals surface area (Å²) in [7, 11) is 0. The second-order valence-electron chi connectivity index (χ2n) is 19.4. The number of benzene rings is 10. The van der Waals surface area contributed by atoms with Crippen LogP contribution in [0.25, 0.3) is 33.4 Å². The molecular weight excluding hydrogens is 895 g/mol. The normalized spacial score (nSPS) is 11.1. The number of anilines is 9. The Morgan fingerprint density at radius 1 is 0.203 bits per heavy atom. The van der Waals surface area contributed by atoms with Crippen LogP contribution in [0.3, 0.4) is 0 Å². The molecule has 0 unspecified atom stereocenters. The van der Waals surface area contributed by atoms with Crippen molar-refractivity contribution in [2.45, 2.75) is 73.6 Å². The van der Waals surface area contributed by atoms with Gasteiger partial charge in [0.1, 0.15) is 0 Å². The van der Waals surface area contributed by atoms with E-state index in [1.165, 1.54) is 33.4 Å². The van der Waals surface area contributed by atoms with Crippen molar-refractivity contribution in [3.63, 3.8) is 0 Å². The van der Waals surface area contributed by atoms with Crippen molar-refractivity contribution in [2.24, 2.45) is 0 Å². The standard InChI is InChI=1S/C71H67N3/c1-7-52-14-32-64(33-15-52)72(63-30-12-51(6)13-31-63)69-42-24-57(25-43-69)60-48-61(58-26-44-70(45-27-58)73(65-34-16-53(8-2)17-35-65)66-36-18-54(9-3)19-37-66)50-62(49-60)59-28-46-71(47-29-59)74(67-38-20-55(10-4)21-39-67)68-40-22-56(11-5)23-41-68/h12-50H,7-11H2,1-6H3. The molecule has 10 aromatic rings. The van der Waals surface area contributed by atoms with Gasteiger partial charge in [-0.1, -0.05) is 149 Å². The summed E-state index contributed by atoms with van der Waals surface area (Å²) in [5.41, 5.74) is 25.0. The van der Waals surface area contributed by atoms with E-state index in [9.17, 15) is 0 Å². The van der Waals surface area contributed by atoms with Crippen molar-refractivity contribution in [2.75, 3.05) is 14.7 Å². The zero-order chi connectivity index (χ0) is 51.0. The van der Waals surface area contributed by atoms with Gasteiger partial charge >= 0.3 is 0 Å². The molecule has 0 aliphatic rings. The SMILES string of the molecule is CCc1ccc(N(c2ccc(C)cc2)c2ccc(-c3cc(-c4ccc(N(c5ccc(CC)cc5)c5ccc(CC)cc5)cc4)cc(-c4ccc(N(c5ccc(CC)cc5)c5ccc(CC)cc5)cc4)c3)cc2)cc1. The largest absolute Gasteiger partial charge is 0.311 e. The van der Waals surface area contributed by atoms with Crippen molar-refractivity contribution in [1.82, 2.24) is 0 Å². The van der Waals surface area contributed by atoms with Gasteiger partial charge in [0, 0.05) is 51.2 Å².